The lowest BCUT2D eigenvalue weighted by atomic mass is 10.0. The highest BCUT2D eigenvalue weighted by atomic mass is 35.5. The molecule has 162 valence electrons. The number of urea groups is 1. The van der Waals surface area contributed by atoms with Gasteiger partial charge in [0.1, 0.15) is 0 Å². The number of benzene rings is 1. The van der Waals surface area contributed by atoms with Gasteiger partial charge in [0.25, 0.3) is 0 Å². The standard InChI is InChI=1S/C20H30N4O4.ClH/c1-13-5-6-17(14(2)11-13)21-20(28)22-19(27)15(3)24-9-7-16(8-10-24)23(4)12-18(25)26;/h5-6,11,15-16H,7-10,12H2,1-4H3,(H,25,26)(H2,21,22,27,28);1H. The molecule has 3 N–H and O–H groups in total. The summed E-state index contributed by atoms with van der Waals surface area (Å²) in [6.07, 6.45) is 1.58. The summed E-state index contributed by atoms with van der Waals surface area (Å²) in [5, 5.41) is 14.0. The normalized spacial score (nSPS) is 16.0. The van der Waals surface area contributed by atoms with Gasteiger partial charge in [0.05, 0.1) is 12.6 Å². The van der Waals surface area contributed by atoms with Crippen LogP contribution >= 0.6 is 12.4 Å². The van der Waals surface area contributed by atoms with Gasteiger partial charge in [-0.1, -0.05) is 17.7 Å². The van der Waals surface area contributed by atoms with E-state index in [1.54, 1.807) is 6.92 Å². The first-order valence-corrected chi connectivity index (χ1v) is 9.52. The molecule has 1 aromatic rings. The van der Waals surface area contributed by atoms with Crippen LogP contribution in [0.3, 0.4) is 0 Å². The maximum Gasteiger partial charge on any atom is 0.325 e. The van der Waals surface area contributed by atoms with Gasteiger partial charge in [0.15, 0.2) is 0 Å². The summed E-state index contributed by atoms with van der Waals surface area (Å²) in [5.74, 6) is -1.19. The van der Waals surface area contributed by atoms with Gasteiger partial charge in [-0.25, -0.2) is 4.79 Å². The fourth-order valence-electron chi connectivity index (χ4n) is 3.55. The number of hydrogen-bond donors (Lipinski definition) is 3. The number of likely N-dealkylation sites (tertiary alicyclic amines) is 1. The Bertz CT molecular complexity index is 735. The Labute approximate surface area is 178 Å². The first kappa shape index (κ1) is 24.9. The zero-order chi connectivity index (χ0) is 20.8. The molecule has 1 saturated heterocycles. The second-order valence-corrected chi connectivity index (χ2v) is 7.51. The second-order valence-electron chi connectivity index (χ2n) is 7.51. The summed E-state index contributed by atoms with van der Waals surface area (Å²) in [6.45, 7) is 7.04. The molecule has 1 atom stereocenters. The third-order valence-corrected chi connectivity index (χ3v) is 5.30. The molecule has 1 aliphatic heterocycles. The van der Waals surface area contributed by atoms with Crippen molar-refractivity contribution in [3.63, 3.8) is 0 Å². The van der Waals surface area contributed by atoms with Crippen molar-refractivity contribution in [2.75, 3.05) is 32.0 Å². The van der Waals surface area contributed by atoms with Crippen LogP contribution in [0.15, 0.2) is 18.2 Å². The zero-order valence-electron chi connectivity index (χ0n) is 17.4. The van der Waals surface area contributed by atoms with E-state index in [4.69, 9.17) is 5.11 Å². The number of anilines is 1. The quantitative estimate of drug-likeness (QED) is 0.644. The highest BCUT2D eigenvalue weighted by Gasteiger charge is 2.29. The number of aliphatic carboxylic acids is 1. The number of aryl methyl sites for hydroxylation is 2. The van der Waals surface area contributed by atoms with Crippen LogP contribution < -0.4 is 10.6 Å². The summed E-state index contributed by atoms with van der Waals surface area (Å²) in [5.41, 5.74) is 2.71. The van der Waals surface area contributed by atoms with Gasteiger partial charge >= 0.3 is 12.0 Å². The number of rotatable bonds is 6. The fourth-order valence-corrected chi connectivity index (χ4v) is 3.55. The van der Waals surface area contributed by atoms with Crippen LogP contribution in [-0.4, -0.2) is 71.6 Å². The minimum Gasteiger partial charge on any atom is -0.480 e. The van der Waals surface area contributed by atoms with Gasteiger partial charge in [0.2, 0.25) is 5.91 Å². The highest BCUT2D eigenvalue weighted by Crippen LogP contribution is 2.18. The average molecular weight is 427 g/mol. The van der Waals surface area contributed by atoms with E-state index >= 15 is 0 Å². The Morgan fingerprint density at radius 1 is 1.24 bits per heavy atom. The molecule has 0 bridgehead atoms. The molecular weight excluding hydrogens is 396 g/mol. The van der Waals surface area contributed by atoms with Gasteiger partial charge in [-0.2, -0.15) is 0 Å². The number of imide groups is 1. The molecule has 9 heteroatoms. The van der Waals surface area contributed by atoms with E-state index in [0.29, 0.717) is 18.8 Å². The highest BCUT2D eigenvalue weighted by molar-refractivity contribution is 6.03. The molecule has 3 amide bonds. The number of piperidine rings is 1. The molecule has 29 heavy (non-hydrogen) atoms. The Kier molecular flexibility index (Phi) is 9.55. The molecule has 0 aromatic heterocycles. The van der Waals surface area contributed by atoms with E-state index < -0.39 is 18.0 Å². The van der Waals surface area contributed by atoms with Gasteiger partial charge in [-0.05, 0) is 52.3 Å². The first-order chi connectivity index (χ1) is 13.2. The van der Waals surface area contributed by atoms with E-state index in [-0.39, 0.29) is 30.9 Å². The summed E-state index contributed by atoms with van der Waals surface area (Å²) in [4.78, 5) is 39.3. The summed E-state index contributed by atoms with van der Waals surface area (Å²) < 4.78 is 0. The number of amides is 3. The molecule has 0 saturated carbocycles. The number of nitrogens with zero attached hydrogens (tertiary/aromatic N) is 2. The monoisotopic (exact) mass is 426 g/mol. The molecule has 0 radical (unpaired) electrons. The molecule has 1 fully saturated rings. The molecule has 1 unspecified atom stereocenters. The number of nitrogens with one attached hydrogen (secondary N) is 2. The van der Waals surface area contributed by atoms with Crippen LogP contribution in [0.2, 0.25) is 0 Å². The molecule has 0 spiro atoms. The van der Waals surface area contributed by atoms with E-state index in [1.165, 1.54) is 0 Å². The van der Waals surface area contributed by atoms with Crippen LogP contribution in [0, 0.1) is 13.8 Å². The topological polar surface area (TPSA) is 102 Å². The summed E-state index contributed by atoms with van der Waals surface area (Å²) >= 11 is 0. The van der Waals surface area contributed by atoms with Crippen molar-refractivity contribution in [2.24, 2.45) is 0 Å². The van der Waals surface area contributed by atoms with Crippen molar-refractivity contribution < 1.29 is 19.5 Å². The van der Waals surface area contributed by atoms with Gasteiger partial charge in [-0.15, -0.1) is 12.4 Å². The Hall–Kier alpha value is -2.16. The molecule has 2 rings (SSSR count). The maximum atomic E-state index is 12.4. The predicted octanol–water partition coefficient (Wildman–Crippen LogP) is 2.24. The third kappa shape index (κ3) is 7.30. The van der Waals surface area contributed by atoms with Gasteiger partial charge in [-0.3, -0.25) is 24.7 Å². The van der Waals surface area contributed by atoms with Crippen molar-refractivity contribution in [3.8, 4) is 0 Å². The van der Waals surface area contributed by atoms with Crippen molar-refractivity contribution in [3.05, 3.63) is 29.3 Å². The number of likely N-dealkylation sites (N-methyl/N-ethyl adjacent to an activating group) is 1. The van der Waals surface area contributed by atoms with Crippen molar-refractivity contribution in [2.45, 2.75) is 45.7 Å². The van der Waals surface area contributed by atoms with Gasteiger partial charge < -0.3 is 10.4 Å². The molecule has 1 heterocycles. The van der Waals surface area contributed by atoms with Crippen LogP contribution in [0.1, 0.15) is 30.9 Å². The summed E-state index contributed by atoms with van der Waals surface area (Å²) in [7, 11) is 1.81. The zero-order valence-corrected chi connectivity index (χ0v) is 18.2. The Morgan fingerprint density at radius 3 is 2.41 bits per heavy atom. The van der Waals surface area contributed by atoms with Crippen molar-refractivity contribution in [1.82, 2.24) is 15.1 Å². The molecule has 1 aliphatic rings. The van der Waals surface area contributed by atoms with E-state index in [9.17, 15) is 14.4 Å². The smallest absolute Gasteiger partial charge is 0.325 e. The van der Waals surface area contributed by atoms with Gasteiger partial charge in [0, 0.05) is 24.8 Å². The van der Waals surface area contributed by atoms with E-state index in [2.05, 4.69) is 10.6 Å². The molecule has 0 aliphatic carbocycles. The van der Waals surface area contributed by atoms with Crippen LogP contribution in [0.5, 0.6) is 0 Å². The van der Waals surface area contributed by atoms with E-state index in [1.807, 2.05) is 48.9 Å². The number of hydrogen-bond acceptors (Lipinski definition) is 5. The lowest BCUT2D eigenvalue weighted by Gasteiger charge is -2.38. The summed E-state index contributed by atoms with van der Waals surface area (Å²) in [6, 6.07) is 4.90. The molecule has 8 nitrogen and oxygen atoms in total. The average Bonchev–Trinajstić information content (AvgIpc) is 2.63. The van der Waals surface area contributed by atoms with Crippen LogP contribution in [-0.2, 0) is 9.59 Å². The Balaban J connectivity index is 0.00000420. The SMILES string of the molecule is Cc1ccc(NC(=O)NC(=O)C(C)N2CCC(N(C)CC(=O)O)CC2)c(C)c1.Cl. The predicted molar refractivity (Wildman–Crippen MR) is 115 cm³/mol. The van der Waals surface area contributed by atoms with Crippen molar-refractivity contribution >= 4 is 36.0 Å². The molecular formula is C20H31ClN4O4. The third-order valence-electron chi connectivity index (χ3n) is 5.30. The van der Waals surface area contributed by atoms with Crippen LogP contribution in [0.25, 0.3) is 0 Å². The Morgan fingerprint density at radius 2 is 1.86 bits per heavy atom. The number of carboxylic acid groups (broad SMARTS) is 1. The van der Waals surface area contributed by atoms with E-state index in [0.717, 1.165) is 24.0 Å². The van der Waals surface area contributed by atoms with Crippen LogP contribution in [0.4, 0.5) is 10.5 Å². The minimum absolute atomic E-state index is 0. The second kappa shape index (κ2) is 11.1. The minimum atomic E-state index is -0.840. The largest absolute Gasteiger partial charge is 0.480 e. The lowest BCUT2D eigenvalue weighted by molar-refractivity contribution is -0.138. The fraction of sp³-hybridized carbons (Fsp3) is 0.550. The number of carboxylic acids is 1. The lowest BCUT2D eigenvalue weighted by Crippen LogP contribution is -2.52. The van der Waals surface area contributed by atoms with Crippen molar-refractivity contribution in [1.29, 1.82) is 0 Å². The first-order valence-electron chi connectivity index (χ1n) is 9.52. The maximum absolute atomic E-state index is 12.4. The number of carbonyl (C=O) groups is 3. The number of carbonyl (C=O) groups excluding carboxylic acids is 2. The number of halogens is 1. The molecule has 1 aromatic carbocycles.